The van der Waals surface area contributed by atoms with Crippen LogP contribution in [0.1, 0.15) is 22.3 Å². The smallest absolute Gasteiger partial charge is 0.234 e. The summed E-state index contributed by atoms with van der Waals surface area (Å²) in [5, 5.41) is 13.9. The van der Waals surface area contributed by atoms with Crippen molar-refractivity contribution in [3.63, 3.8) is 0 Å². The van der Waals surface area contributed by atoms with E-state index in [0.29, 0.717) is 10.6 Å². The summed E-state index contributed by atoms with van der Waals surface area (Å²) in [4.78, 5) is 16.9. The highest BCUT2D eigenvalue weighted by molar-refractivity contribution is 8.00. The van der Waals surface area contributed by atoms with Crippen LogP contribution >= 0.6 is 11.8 Å². The summed E-state index contributed by atoms with van der Waals surface area (Å²) in [6, 6.07) is 15.9. The van der Waals surface area contributed by atoms with E-state index in [1.165, 1.54) is 11.8 Å². The first kappa shape index (κ1) is 18.0. The van der Waals surface area contributed by atoms with Gasteiger partial charge in [-0.15, -0.1) is 0 Å². The van der Waals surface area contributed by atoms with E-state index >= 15 is 0 Å². The zero-order valence-corrected chi connectivity index (χ0v) is 15.8. The largest absolute Gasteiger partial charge is 0.325 e. The number of aromatic nitrogens is 1. The van der Waals surface area contributed by atoms with Crippen molar-refractivity contribution in [1.82, 2.24) is 4.98 Å². The first-order valence-corrected chi connectivity index (χ1v) is 9.27. The van der Waals surface area contributed by atoms with Gasteiger partial charge in [-0.1, -0.05) is 41.6 Å². The number of fused-ring (bicyclic) bond motifs is 1. The molecule has 1 heterocycles. The molecule has 0 saturated carbocycles. The molecule has 26 heavy (non-hydrogen) atoms. The number of anilines is 1. The number of benzene rings is 2. The van der Waals surface area contributed by atoms with Crippen LogP contribution in [-0.4, -0.2) is 16.6 Å². The third-order valence-electron chi connectivity index (χ3n) is 4.14. The van der Waals surface area contributed by atoms with Crippen LogP contribution in [0.25, 0.3) is 10.9 Å². The number of nitrogens with zero attached hydrogens (tertiary/aromatic N) is 2. The van der Waals surface area contributed by atoms with E-state index in [2.05, 4.69) is 16.4 Å². The SMILES string of the molecule is Cc1ccc2nc(SCC(=O)Nc3c(C)cccc3C)c(C#N)cc2c1. The Bertz CT molecular complexity index is 1020. The summed E-state index contributed by atoms with van der Waals surface area (Å²) < 4.78 is 0. The predicted octanol–water partition coefficient (Wildman–Crippen LogP) is 4.76. The fourth-order valence-electron chi connectivity index (χ4n) is 2.79. The van der Waals surface area contributed by atoms with E-state index in [4.69, 9.17) is 0 Å². The van der Waals surface area contributed by atoms with Gasteiger partial charge in [0.2, 0.25) is 5.91 Å². The van der Waals surface area contributed by atoms with Crippen LogP contribution in [0.3, 0.4) is 0 Å². The molecule has 0 atom stereocenters. The molecule has 3 rings (SSSR count). The van der Waals surface area contributed by atoms with Gasteiger partial charge in [-0.25, -0.2) is 4.98 Å². The number of thioether (sulfide) groups is 1. The van der Waals surface area contributed by atoms with Crippen LogP contribution in [0.2, 0.25) is 0 Å². The van der Waals surface area contributed by atoms with E-state index in [1.807, 2.05) is 63.2 Å². The quantitative estimate of drug-likeness (QED) is 0.680. The lowest BCUT2D eigenvalue weighted by atomic mass is 10.1. The van der Waals surface area contributed by atoms with Crippen LogP contribution in [0, 0.1) is 32.1 Å². The first-order valence-electron chi connectivity index (χ1n) is 8.28. The molecule has 1 aromatic heterocycles. The third-order valence-corrected chi connectivity index (χ3v) is 5.13. The number of rotatable bonds is 4. The molecule has 0 spiro atoms. The second kappa shape index (κ2) is 7.59. The summed E-state index contributed by atoms with van der Waals surface area (Å²) >= 11 is 1.28. The molecule has 130 valence electrons. The number of amides is 1. The van der Waals surface area contributed by atoms with Gasteiger partial charge in [0.15, 0.2) is 0 Å². The Morgan fingerprint density at radius 3 is 2.58 bits per heavy atom. The molecule has 2 aromatic carbocycles. The summed E-state index contributed by atoms with van der Waals surface area (Å²) in [6.07, 6.45) is 0. The van der Waals surface area contributed by atoms with Gasteiger partial charge in [-0.2, -0.15) is 5.26 Å². The molecule has 0 aliphatic rings. The molecule has 1 amide bonds. The highest BCUT2D eigenvalue weighted by Gasteiger charge is 2.12. The van der Waals surface area contributed by atoms with Gasteiger partial charge in [0, 0.05) is 11.1 Å². The van der Waals surface area contributed by atoms with Gasteiger partial charge in [0.05, 0.1) is 16.8 Å². The van der Waals surface area contributed by atoms with Crippen molar-refractivity contribution in [1.29, 1.82) is 5.26 Å². The Kier molecular flexibility index (Phi) is 5.24. The fourth-order valence-corrected chi connectivity index (χ4v) is 3.55. The lowest BCUT2D eigenvalue weighted by molar-refractivity contribution is -0.113. The van der Waals surface area contributed by atoms with Gasteiger partial charge in [-0.3, -0.25) is 4.79 Å². The summed E-state index contributed by atoms with van der Waals surface area (Å²) in [6.45, 7) is 5.94. The van der Waals surface area contributed by atoms with E-state index in [0.717, 1.165) is 33.3 Å². The Balaban J connectivity index is 1.78. The second-order valence-electron chi connectivity index (χ2n) is 6.25. The van der Waals surface area contributed by atoms with Crippen LogP contribution in [0.15, 0.2) is 47.5 Å². The normalized spacial score (nSPS) is 10.5. The molecule has 4 nitrogen and oxygen atoms in total. The Labute approximate surface area is 157 Å². The number of carbonyl (C=O) groups is 1. The number of nitrogens with one attached hydrogen (secondary N) is 1. The number of nitriles is 1. The van der Waals surface area contributed by atoms with Crippen molar-refractivity contribution in [2.45, 2.75) is 25.8 Å². The van der Waals surface area contributed by atoms with Gasteiger partial charge >= 0.3 is 0 Å². The van der Waals surface area contributed by atoms with Crippen LogP contribution in [-0.2, 0) is 4.79 Å². The molecule has 0 fully saturated rings. The molecule has 3 aromatic rings. The van der Waals surface area contributed by atoms with Gasteiger partial charge in [0.25, 0.3) is 0 Å². The van der Waals surface area contributed by atoms with Gasteiger partial charge < -0.3 is 5.32 Å². The Hall–Kier alpha value is -2.84. The molecule has 0 aliphatic carbocycles. The minimum atomic E-state index is -0.109. The predicted molar refractivity (Wildman–Crippen MR) is 106 cm³/mol. The molecule has 0 bridgehead atoms. The molecule has 0 saturated heterocycles. The van der Waals surface area contributed by atoms with Crippen LogP contribution in [0.4, 0.5) is 5.69 Å². The van der Waals surface area contributed by atoms with Gasteiger partial charge in [0.1, 0.15) is 11.1 Å². The maximum Gasteiger partial charge on any atom is 0.234 e. The lowest BCUT2D eigenvalue weighted by Gasteiger charge is -2.11. The van der Waals surface area contributed by atoms with Gasteiger partial charge in [-0.05, 0) is 50.1 Å². The summed E-state index contributed by atoms with van der Waals surface area (Å²) in [5.74, 6) is 0.0920. The molecule has 0 radical (unpaired) electrons. The topological polar surface area (TPSA) is 65.8 Å². The maximum atomic E-state index is 12.4. The summed E-state index contributed by atoms with van der Waals surface area (Å²) in [7, 11) is 0. The number of hydrogen-bond donors (Lipinski definition) is 1. The average molecular weight is 361 g/mol. The zero-order chi connectivity index (χ0) is 18.7. The lowest BCUT2D eigenvalue weighted by Crippen LogP contribution is -2.16. The van der Waals surface area contributed by atoms with Crippen LogP contribution < -0.4 is 5.32 Å². The number of para-hydroxylation sites is 1. The Morgan fingerprint density at radius 2 is 1.88 bits per heavy atom. The van der Waals surface area contributed by atoms with Crippen molar-refractivity contribution in [3.05, 3.63) is 64.7 Å². The molecule has 1 N–H and O–H groups in total. The molecule has 0 unspecified atom stereocenters. The first-order chi connectivity index (χ1) is 12.5. The van der Waals surface area contributed by atoms with Crippen molar-refractivity contribution in [3.8, 4) is 6.07 Å². The molecule has 5 heteroatoms. The summed E-state index contributed by atoms with van der Waals surface area (Å²) in [5.41, 5.74) is 5.35. The zero-order valence-electron chi connectivity index (χ0n) is 15.0. The number of carbonyl (C=O) groups excluding carboxylic acids is 1. The average Bonchev–Trinajstić information content (AvgIpc) is 2.62. The monoisotopic (exact) mass is 361 g/mol. The van der Waals surface area contributed by atoms with Crippen molar-refractivity contribution in [2.75, 3.05) is 11.1 Å². The van der Waals surface area contributed by atoms with E-state index < -0.39 is 0 Å². The number of hydrogen-bond acceptors (Lipinski definition) is 4. The maximum absolute atomic E-state index is 12.4. The van der Waals surface area contributed by atoms with Crippen molar-refractivity contribution >= 4 is 34.3 Å². The minimum Gasteiger partial charge on any atom is -0.325 e. The molecular weight excluding hydrogens is 342 g/mol. The second-order valence-corrected chi connectivity index (χ2v) is 7.22. The minimum absolute atomic E-state index is 0.109. The highest BCUT2D eigenvalue weighted by Crippen LogP contribution is 2.26. The third kappa shape index (κ3) is 3.87. The molecular formula is C21H19N3OS. The number of aryl methyl sites for hydroxylation is 3. The Morgan fingerprint density at radius 1 is 1.15 bits per heavy atom. The fraction of sp³-hybridized carbons (Fsp3) is 0.190. The standard InChI is InChI=1S/C21H19N3OS/c1-13-7-8-18-16(9-13)10-17(11-22)21(23-18)26-12-19(25)24-20-14(2)5-4-6-15(20)3/h4-10H,12H2,1-3H3,(H,24,25). The van der Waals surface area contributed by atoms with Crippen molar-refractivity contribution < 1.29 is 4.79 Å². The van der Waals surface area contributed by atoms with E-state index in [9.17, 15) is 10.1 Å². The molecule has 0 aliphatic heterocycles. The van der Waals surface area contributed by atoms with E-state index in [1.54, 1.807) is 0 Å². The van der Waals surface area contributed by atoms with Crippen LogP contribution in [0.5, 0.6) is 0 Å². The number of pyridine rings is 1. The van der Waals surface area contributed by atoms with Crippen molar-refractivity contribution in [2.24, 2.45) is 0 Å². The van der Waals surface area contributed by atoms with E-state index in [-0.39, 0.29) is 11.7 Å². The highest BCUT2D eigenvalue weighted by atomic mass is 32.2.